The maximum Gasteiger partial charge on any atom is 0.336 e. The minimum atomic E-state index is -0.852. The van der Waals surface area contributed by atoms with Crippen molar-refractivity contribution < 1.29 is 9.90 Å². The van der Waals surface area contributed by atoms with Crippen molar-refractivity contribution in [3.05, 3.63) is 35.4 Å². The predicted octanol–water partition coefficient (Wildman–Crippen LogP) is 3.44. The monoisotopic (exact) mass is 249 g/mol. The van der Waals surface area contributed by atoms with Gasteiger partial charge in [-0.1, -0.05) is 50.8 Å². The minimum absolute atomic E-state index is 0.399. The van der Waals surface area contributed by atoms with Crippen LogP contribution >= 0.6 is 0 Å². The van der Waals surface area contributed by atoms with Crippen LogP contribution in [0.25, 0.3) is 0 Å². The number of carboxylic acids is 1. The van der Waals surface area contributed by atoms with E-state index >= 15 is 0 Å². The van der Waals surface area contributed by atoms with Gasteiger partial charge in [0.2, 0.25) is 0 Å². The highest BCUT2D eigenvalue weighted by molar-refractivity contribution is 5.89. The Kier molecular flexibility index (Phi) is 7.11. The van der Waals surface area contributed by atoms with Crippen molar-refractivity contribution in [1.82, 2.24) is 5.32 Å². The highest BCUT2D eigenvalue weighted by Gasteiger charge is 2.07. The molecule has 0 aromatic heterocycles. The normalized spacial score (nSPS) is 10.5. The van der Waals surface area contributed by atoms with Gasteiger partial charge in [0.25, 0.3) is 0 Å². The quantitative estimate of drug-likeness (QED) is 0.659. The van der Waals surface area contributed by atoms with E-state index in [1.165, 1.54) is 25.7 Å². The van der Waals surface area contributed by atoms with Crippen LogP contribution in [0.4, 0.5) is 0 Å². The van der Waals surface area contributed by atoms with Gasteiger partial charge in [-0.05, 0) is 24.6 Å². The molecule has 0 heterocycles. The molecular weight excluding hydrogens is 226 g/mol. The van der Waals surface area contributed by atoms with E-state index in [0.717, 1.165) is 18.5 Å². The van der Waals surface area contributed by atoms with Crippen LogP contribution in [0, 0.1) is 0 Å². The van der Waals surface area contributed by atoms with Crippen molar-refractivity contribution in [1.29, 1.82) is 0 Å². The molecule has 1 rings (SSSR count). The summed E-state index contributed by atoms with van der Waals surface area (Å²) in [5.41, 5.74) is 1.26. The maximum atomic E-state index is 11.0. The van der Waals surface area contributed by atoms with Gasteiger partial charge in [-0.2, -0.15) is 0 Å². The summed E-state index contributed by atoms with van der Waals surface area (Å²) >= 11 is 0. The lowest BCUT2D eigenvalue weighted by molar-refractivity contribution is 0.0695. The maximum absolute atomic E-state index is 11.0. The Labute approximate surface area is 109 Å². The molecule has 0 aliphatic rings. The summed E-state index contributed by atoms with van der Waals surface area (Å²) < 4.78 is 0. The molecule has 0 radical (unpaired) electrons. The van der Waals surface area contributed by atoms with Gasteiger partial charge in [-0.25, -0.2) is 4.79 Å². The summed E-state index contributed by atoms with van der Waals surface area (Å²) in [6.45, 7) is 3.80. The zero-order valence-electron chi connectivity index (χ0n) is 11.1. The van der Waals surface area contributed by atoms with E-state index in [2.05, 4.69) is 12.2 Å². The SMILES string of the molecule is CCCCCCCNCc1ccccc1C(=O)O. The first-order chi connectivity index (χ1) is 8.75. The third-order valence-electron chi connectivity index (χ3n) is 3.02. The lowest BCUT2D eigenvalue weighted by atomic mass is 10.1. The van der Waals surface area contributed by atoms with Crippen LogP contribution in [0.2, 0.25) is 0 Å². The molecule has 0 fully saturated rings. The molecule has 100 valence electrons. The van der Waals surface area contributed by atoms with Gasteiger partial charge in [0.15, 0.2) is 0 Å². The molecule has 0 saturated heterocycles. The fourth-order valence-corrected chi connectivity index (χ4v) is 1.96. The summed E-state index contributed by atoms with van der Waals surface area (Å²) in [6, 6.07) is 7.16. The summed E-state index contributed by atoms with van der Waals surface area (Å²) in [5.74, 6) is -0.852. The third-order valence-corrected chi connectivity index (χ3v) is 3.02. The minimum Gasteiger partial charge on any atom is -0.478 e. The average Bonchev–Trinajstić information content (AvgIpc) is 2.38. The van der Waals surface area contributed by atoms with Crippen molar-refractivity contribution in [2.24, 2.45) is 0 Å². The summed E-state index contributed by atoms with van der Waals surface area (Å²) in [6.07, 6.45) is 6.28. The molecule has 1 aromatic rings. The smallest absolute Gasteiger partial charge is 0.336 e. The zero-order valence-corrected chi connectivity index (χ0v) is 11.1. The van der Waals surface area contributed by atoms with E-state index in [4.69, 9.17) is 5.11 Å². The Morgan fingerprint density at radius 3 is 2.61 bits per heavy atom. The van der Waals surface area contributed by atoms with E-state index in [1.807, 2.05) is 12.1 Å². The molecule has 0 atom stereocenters. The van der Waals surface area contributed by atoms with E-state index in [0.29, 0.717) is 12.1 Å². The molecular formula is C15H23NO2. The van der Waals surface area contributed by atoms with Crippen molar-refractivity contribution in [3.8, 4) is 0 Å². The number of carboxylic acid groups (broad SMARTS) is 1. The first-order valence-electron chi connectivity index (χ1n) is 6.77. The second-order valence-corrected chi connectivity index (χ2v) is 4.55. The Morgan fingerprint density at radius 2 is 1.89 bits per heavy atom. The van der Waals surface area contributed by atoms with E-state index in [1.54, 1.807) is 12.1 Å². The molecule has 0 aliphatic heterocycles. The molecule has 0 saturated carbocycles. The van der Waals surface area contributed by atoms with Gasteiger partial charge in [0.1, 0.15) is 0 Å². The van der Waals surface area contributed by atoms with Crippen molar-refractivity contribution >= 4 is 5.97 Å². The van der Waals surface area contributed by atoms with Gasteiger partial charge in [-0.3, -0.25) is 0 Å². The summed E-state index contributed by atoms with van der Waals surface area (Å²) in [4.78, 5) is 11.0. The molecule has 2 N–H and O–H groups in total. The summed E-state index contributed by atoms with van der Waals surface area (Å²) in [7, 11) is 0. The third kappa shape index (κ3) is 5.32. The van der Waals surface area contributed by atoms with Crippen LogP contribution in [0.3, 0.4) is 0 Å². The number of hydrogen-bond donors (Lipinski definition) is 2. The molecule has 1 aromatic carbocycles. The molecule has 3 heteroatoms. The van der Waals surface area contributed by atoms with Crippen LogP contribution in [0.15, 0.2) is 24.3 Å². The van der Waals surface area contributed by atoms with E-state index in [-0.39, 0.29) is 0 Å². The largest absolute Gasteiger partial charge is 0.478 e. The fourth-order valence-electron chi connectivity index (χ4n) is 1.96. The van der Waals surface area contributed by atoms with Crippen molar-refractivity contribution in [3.63, 3.8) is 0 Å². The second kappa shape index (κ2) is 8.70. The molecule has 0 aliphatic carbocycles. The van der Waals surface area contributed by atoms with Gasteiger partial charge in [-0.15, -0.1) is 0 Å². The highest BCUT2D eigenvalue weighted by atomic mass is 16.4. The lowest BCUT2D eigenvalue weighted by Crippen LogP contribution is -2.17. The van der Waals surface area contributed by atoms with Gasteiger partial charge in [0.05, 0.1) is 5.56 Å². The number of nitrogens with one attached hydrogen (secondary N) is 1. The number of carbonyl (C=O) groups is 1. The Balaban J connectivity index is 2.25. The predicted molar refractivity (Wildman–Crippen MR) is 73.9 cm³/mol. The van der Waals surface area contributed by atoms with Gasteiger partial charge < -0.3 is 10.4 Å². The molecule has 0 unspecified atom stereocenters. The van der Waals surface area contributed by atoms with Gasteiger partial charge in [0, 0.05) is 6.54 Å². The first-order valence-corrected chi connectivity index (χ1v) is 6.77. The van der Waals surface area contributed by atoms with Crippen molar-refractivity contribution in [2.45, 2.75) is 45.6 Å². The molecule has 3 nitrogen and oxygen atoms in total. The molecule has 0 bridgehead atoms. The topological polar surface area (TPSA) is 49.3 Å². The van der Waals surface area contributed by atoms with Crippen LogP contribution in [0.5, 0.6) is 0 Å². The molecule has 18 heavy (non-hydrogen) atoms. The van der Waals surface area contributed by atoms with E-state index < -0.39 is 5.97 Å². The van der Waals surface area contributed by atoms with Gasteiger partial charge >= 0.3 is 5.97 Å². The fraction of sp³-hybridized carbons (Fsp3) is 0.533. The lowest BCUT2D eigenvalue weighted by Gasteiger charge is -2.07. The zero-order chi connectivity index (χ0) is 13.2. The average molecular weight is 249 g/mol. The second-order valence-electron chi connectivity index (χ2n) is 4.55. The standard InChI is InChI=1S/C15H23NO2/c1-2-3-4-5-8-11-16-12-13-9-6-7-10-14(13)15(17)18/h6-7,9-10,16H,2-5,8,11-12H2,1H3,(H,17,18). The first kappa shape index (κ1) is 14.7. The van der Waals surface area contributed by atoms with Crippen molar-refractivity contribution in [2.75, 3.05) is 6.54 Å². The number of unbranched alkanes of at least 4 members (excludes halogenated alkanes) is 4. The number of rotatable bonds is 9. The van der Waals surface area contributed by atoms with E-state index in [9.17, 15) is 4.79 Å². The molecule has 0 spiro atoms. The van der Waals surface area contributed by atoms with Crippen LogP contribution in [-0.2, 0) is 6.54 Å². The Hall–Kier alpha value is -1.35. The Bertz CT molecular complexity index is 363. The Morgan fingerprint density at radius 1 is 1.17 bits per heavy atom. The van der Waals surface area contributed by atoms with Crippen LogP contribution in [-0.4, -0.2) is 17.6 Å². The highest BCUT2D eigenvalue weighted by Crippen LogP contribution is 2.08. The number of hydrogen-bond acceptors (Lipinski definition) is 2. The number of aromatic carboxylic acids is 1. The van der Waals surface area contributed by atoms with Crippen LogP contribution < -0.4 is 5.32 Å². The number of benzene rings is 1. The molecule has 0 amide bonds. The van der Waals surface area contributed by atoms with Crippen LogP contribution in [0.1, 0.15) is 54.9 Å². The summed E-state index contributed by atoms with van der Waals surface area (Å²) in [5, 5.41) is 12.3.